The first-order valence-electron chi connectivity index (χ1n) is 9.68. The zero-order valence-corrected chi connectivity index (χ0v) is 16.2. The maximum Gasteiger partial charge on any atom is 0.267 e. The second-order valence-electron chi connectivity index (χ2n) is 6.94. The minimum absolute atomic E-state index is 0.532. The maximum atomic E-state index is 11.1. The molecule has 0 aliphatic carbocycles. The van der Waals surface area contributed by atoms with Gasteiger partial charge in [0, 0.05) is 36.3 Å². The number of hydrogen-bond acceptors (Lipinski definition) is 3. The molecule has 0 unspecified atom stereocenters. The zero-order valence-electron chi connectivity index (χ0n) is 16.2. The van der Waals surface area contributed by atoms with Crippen molar-refractivity contribution in [3.8, 4) is 0 Å². The number of rotatable bonds is 9. The highest BCUT2D eigenvalue weighted by Gasteiger charge is 2.08. The van der Waals surface area contributed by atoms with Gasteiger partial charge in [-0.3, -0.25) is 14.9 Å². The van der Waals surface area contributed by atoms with Crippen molar-refractivity contribution in [3.63, 3.8) is 0 Å². The molecule has 0 aliphatic heterocycles. The second kappa shape index (κ2) is 9.88. The molecule has 2 aromatic carbocycles. The predicted molar refractivity (Wildman–Crippen MR) is 113 cm³/mol. The van der Waals surface area contributed by atoms with Gasteiger partial charge in [-0.05, 0) is 48.2 Å². The number of nitrogens with zero attached hydrogens (tertiary/aromatic N) is 1. The Bertz CT molecular complexity index is 928. The Balaban J connectivity index is 1.61. The predicted octanol–water partition coefficient (Wildman–Crippen LogP) is 4.14. The fourth-order valence-electron chi connectivity index (χ4n) is 3.40. The Kier molecular flexibility index (Phi) is 7.00. The Morgan fingerprint density at radius 3 is 2.68 bits per heavy atom. The number of aromatic nitrogens is 1. The lowest BCUT2D eigenvalue weighted by atomic mass is 10.1. The van der Waals surface area contributed by atoms with Gasteiger partial charge in [0.1, 0.15) is 0 Å². The fourth-order valence-corrected chi connectivity index (χ4v) is 3.40. The Labute approximate surface area is 165 Å². The third kappa shape index (κ3) is 5.31. The van der Waals surface area contributed by atoms with Crippen LogP contribution in [0.4, 0.5) is 0 Å². The average Bonchev–Trinajstić information content (AvgIpc) is 3.14. The smallest absolute Gasteiger partial charge is 0.267 e. The number of H-pyrrole nitrogens is 1. The standard InChI is InChI=1S/C23H27N3O2/c1-2-14-26(15-13-20-16-24-22-6-4-3-5-21(20)22)17-19-9-7-18(8-10-19)11-12-23(27)25-28/h3-12,16,24,28H,2,13-15,17H2,1H3,(H,25,27). The SMILES string of the molecule is CCCN(CCc1c[nH]c2ccccc12)Cc1ccc(C=CC(=O)NO)cc1. The van der Waals surface area contributed by atoms with Crippen LogP contribution in [-0.4, -0.2) is 34.1 Å². The molecule has 0 bridgehead atoms. The quantitative estimate of drug-likeness (QED) is 0.298. The number of aromatic amines is 1. The summed E-state index contributed by atoms with van der Waals surface area (Å²) in [6.07, 6.45) is 7.24. The molecule has 1 amide bonds. The molecule has 0 saturated carbocycles. The highest BCUT2D eigenvalue weighted by molar-refractivity contribution is 5.90. The minimum Gasteiger partial charge on any atom is -0.361 e. The van der Waals surface area contributed by atoms with Crippen LogP contribution in [0.25, 0.3) is 17.0 Å². The van der Waals surface area contributed by atoms with E-state index in [1.807, 2.05) is 12.1 Å². The molecule has 3 rings (SSSR count). The number of nitrogens with one attached hydrogen (secondary N) is 2. The molecular weight excluding hydrogens is 350 g/mol. The third-order valence-corrected chi connectivity index (χ3v) is 4.84. The van der Waals surface area contributed by atoms with E-state index in [1.54, 1.807) is 11.6 Å². The Hall–Kier alpha value is -2.89. The van der Waals surface area contributed by atoms with Crippen LogP contribution < -0.4 is 5.48 Å². The summed E-state index contributed by atoms with van der Waals surface area (Å²) in [5.41, 5.74) is 6.31. The number of fused-ring (bicyclic) bond motifs is 1. The number of benzene rings is 2. The van der Waals surface area contributed by atoms with E-state index in [-0.39, 0.29) is 0 Å². The second-order valence-corrected chi connectivity index (χ2v) is 6.94. The van der Waals surface area contributed by atoms with E-state index in [1.165, 1.54) is 28.1 Å². The molecule has 1 heterocycles. The van der Waals surface area contributed by atoms with Crippen LogP contribution in [0, 0.1) is 0 Å². The first-order valence-corrected chi connectivity index (χ1v) is 9.68. The van der Waals surface area contributed by atoms with Crippen LogP contribution in [0.5, 0.6) is 0 Å². The molecule has 3 aromatic rings. The van der Waals surface area contributed by atoms with Crippen molar-refractivity contribution >= 4 is 22.9 Å². The molecule has 0 saturated heterocycles. The van der Waals surface area contributed by atoms with Crippen molar-refractivity contribution in [3.05, 3.63) is 77.5 Å². The maximum absolute atomic E-state index is 11.1. The number of amides is 1. The highest BCUT2D eigenvalue weighted by atomic mass is 16.5. The van der Waals surface area contributed by atoms with Gasteiger partial charge in [0.15, 0.2) is 0 Å². The molecule has 5 nitrogen and oxygen atoms in total. The van der Waals surface area contributed by atoms with Gasteiger partial charge in [-0.2, -0.15) is 0 Å². The first kappa shape index (κ1) is 19.9. The van der Waals surface area contributed by atoms with Gasteiger partial charge in [0.2, 0.25) is 0 Å². The number of carbonyl (C=O) groups excluding carboxylic acids is 1. The lowest BCUT2D eigenvalue weighted by molar-refractivity contribution is -0.124. The van der Waals surface area contributed by atoms with Crippen LogP contribution in [0.2, 0.25) is 0 Å². The summed E-state index contributed by atoms with van der Waals surface area (Å²) >= 11 is 0. The van der Waals surface area contributed by atoms with E-state index in [2.05, 4.69) is 59.4 Å². The molecule has 0 atom stereocenters. The van der Waals surface area contributed by atoms with Gasteiger partial charge in [0.25, 0.3) is 5.91 Å². The minimum atomic E-state index is -0.532. The Morgan fingerprint density at radius 1 is 1.14 bits per heavy atom. The third-order valence-electron chi connectivity index (χ3n) is 4.84. The van der Waals surface area contributed by atoms with Crippen molar-refractivity contribution in [2.45, 2.75) is 26.3 Å². The topological polar surface area (TPSA) is 68.4 Å². The number of hydrogen-bond donors (Lipinski definition) is 3. The summed E-state index contributed by atoms with van der Waals surface area (Å²) in [4.78, 5) is 16.9. The van der Waals surface area contributed by atoms with E-state index in [9.17, 15) is 4.79 Å². The summed E-state index contributed by atoms with van der Waals surface area (Å²) in [5, 5.41) is 9.83. The van der Waals surface area contributed by atoms with Gasteiger partial charge in [-0.25, -0.2) is 5.48 Å². The van der Waals surface area contributed by atoms with E-state index in [4.69, 9.17) is 5.21 Å². The molecule has 28 heavy (non-hydrogen) atoms. The number of hydroxylamine groups is 1. The number of carbonyl (C=O) groups is 1. The van der Waals surface area contributed by atoms with Crippen molar-refractivity contribution in [1.29, 1.82) is 0 Å². The van der Waals surface area contributed by atoms with Crippen LogP contribution in [0.15, 0.2) is 60.8 Å². The van der Waals surface area contributed by atoms with Crippen molar-refractivity contribution in [1.82, 2.24) is 15.4 Å². The summed E-state index contributed by atoms with van der Waals surface area (Å²) in [5.74, 6) is -0.532. The highest BCUT2D eigenvalue weighted by Crippen LogP contribution is 2.19. The molecule has 1 aromatic heterocycles. The van der Waals surface area contributed by atoms with E-state index in [0.29, 0.717) is 0 Å². The monoisotopic (exact) mass is 377 g/mol. The van der Waals surface area contributed by atoms with Crippen molar-refractivity contribution < 1.29 is 10.0 Å². The van der Waals surface area contributed by atoms with E-state index < -0.39 is 5.91 Å². The summed E-state index contributed by atoms with van der Waals surface area (Å²) in [6.45, 7) is 5.17. The fraction of sp³-hybridized carbons (Fsp3) is 0.261. The lowest BCUT2D eigenvalue weighted by Gasteiger charge is -2.21. The van der Waals surface area contributed by atoms with Crippen molar-refractivity contribution in [2.24, 2.45) is 0 Å². The van der Waals surface area contributed by atoms with Crippen LogP contribution in [0.1, 0.15) is 30.0 Å². The van der Waals surface area contributed by atoms with Gasteiger partial charge >= 0.3 is 0 Å². The zero-order chi connectivity index (χ0) is 19.8. The van der Waals surface area contributed by atoms with Crippen LogP contribution >= 0.6 is 0 Å². The summed E-state index contributed by atoms with van der Waals surface area (Å²) in [6, 6.07) is 16.6. The van der Waals surface area contributed by atoms with Crippen LogP contribution in [0.3, 0.4) is 0 Å². The van der Waals surface area contributed by atoms with E-state index in [0.717, 1.165) is 38.0 Å². The molecule has 0 fully saturated rings. The Morgan fingerprint density at radius 2 is 1.93 bits per heavy atom. The lowest BCUT2D eigenvalue weighted by Crippen LogP contribution is -2.26. The van der Waals surface area contributed by atoms with Crippen molar-refractivity contribution in [2.75, 3.05) is 13.1 Å². The normalized spacial score (nSPS) is 11.5. The molecule has 0 spiro atoms. The first-order chi connectivity index (χ1) is 13.7. The van der Waals surface area contributed by atoms with Crippen LogP contribution in [-0.2, 0) is 17.8 Å². The average molecular weight is 377 g/mol. The van der Waals surface area contributed by atoms with Gasteiger partial charge in [0.05, 0.1) is 0 Å². The summed E-state index contributed by atoms with van der Waals surface area (Å²) in [7, 11) is 0. The summed E-state index contributed by atoms with van der Waals surface area (Å²) < 4.78 is 0. The molecule has 5 heteroatoms. The van der Waals surface area contributed by atoms with Gasteiger partial charge in [-0.1, -0.05) is 49.4 Å². The largest absolute Gasteiger partial charge is 0.361 e. The number of para-hydroxylation sites is 1. The molecule has 0 radical (unpaired) electrons. The van der Waals surface area contributed by atoms with E-state index >= 15 is 0 Å². The van der Waals surface area contributed by atoms with Gasteiger partial charge < -0.3 is 4.98 Å². The van der Waals surface area contributed by atoms with Gasteiger partial charge in [-0.15, -0.1) is 0 Å². The molecular formula is C23H27N3O2. The molecule has 3 N–H and O–H groups in total. The molecule has 0 aliphatic rings. The molecule has 146 valence electrons.